The number of benzene rings is 1. The molecule has 0 spiro atoms. The lowest BCUT2D eigenvalue weighted by atomic mass is 9.95. The highest BCUT2D eigenvalue weighted by atomic mass is 35.5. The number of rotatable bonds is 2. The predicted octanol–water partition coefficient (Wildman–Crippen LogP) is 3.91. The van der Waals surface area contributed by atoms with Crippen LogP contribution in [0.4, 0.5) is 0 Å². The Hall–Kier alpha value is -2.24. The number of aromatic nitrogens is 2. The van der Waals surface area contributed by atoms with E-state index in [2.05, 4.69) is 0 Å². The molecule has 1 amide bonds. The minimum Gasteiger partial charge on any atom is -0.349 e. The zero-order valence-corrected chi connectivity index (χ0v) is 18.0. The van der Waals surface area contributed by atoms with Crippen LogP contribution in [0.2, 0.25) is 10.0 Å². The summed E-state index contributed by atoms with van der Waals surface area (Å²) in [5.74, 6) is 0.282. The van der Waals surface area contributed by atoms with Gasteiger partial charge in [0, 0.05) is 55.0 Å². The van der Waals surface area contributed by atoms with Gasteiger partial charge in [0.2, 0.25) is 0 Å². The Morgan fingerprint density at radius 2 is 1.93 bits per heavy atom. The van der Waals surface area contributed by atoms with Crippen molar-refractivity contribution >= 4 is 40.0 Å². The van der Waals surface area contributed by atoms with Gasteiger partial charge in [0.1, 0.15) is 0 Å². The summed E-state index contributed by atoms with van der Waals surface area (Å²) in [6, 6.07) is 5.54. The summed E-state index contributed by atoms with van der Waals surface area (Å²) in [4.78, 5) is 28.1. The number of likely N-dealkylation sites (tertiary alicyclic amines) is 1. The Morgan fingerprint density at radius 3 is 2.69 bits per heavy atom. The molecule has 0 N–H and O–H groups in total. The first kappa shape index (κ1) is 18.8. The van der Waals surface area contributed by atoms with Crippen LogP contribution in [0.1, 0.15) is 27.9 Å². The molecule has 0 radical (unpaired) electrons. The van der Waals surface area contributed by atoms with E-state index in [1.807, 2.05) is 35.6 Å². The van der Waals surface area contributed by atoms with Gasteiger partial charge in [-0.15, -0.1) is 0 Å². The molecular formula is C22H21Cl2N3O2. The van der Waals surface area contributed by atoms with Crippen LogP contribution >= 0.6 is 23.2 Å². The fourth-order valence-electron chi connectivity index (χ4n) is 5.17. The lowest BCUT2D eigenvalue weighted by molar-refractivity contribution is 0.0774. The number of carbonyl (C=O) groups is 1. The highest BCUT2D eigenvalue weighted by molar-refractivity contribution is 6.33. The molecule has 1 aliphatic carbocycles. The molecule has 2 aromatic heterocycles. The molecule has 5 rings (SSSR count). The first-order chi connectivity index (χ1) is 13.7. The van der Waals surface area contributed by atoms with Crippen LogP contribution in [-0.2, 0) is 19.5 Å². The zero-order chi connectivity index (χ0) is 20.7. The normalized spacial score (nSPS) is 22.9. The second-order valence-electron chi connectivity index (χ2n) is 8.47. The maximum atomic E-state index is 13.4. The van der Waals surface area contributed by atoms with Crippen LogP contribution < -0.4 is 5.56 Å². The van der Waals surface area contributed by atoms with Crippen LogP contribution in [0.3, 0.4) is 0 Å². The summed E-state index contributed by atoms with van der Waals surface area (Å²) in [6.07, 6.45) is 4.59. The topological polar surface area (TPSA) is 47.2 Å². The fourth-order valence-corrected chi connectivity index (χ4v) is 5.65. The van der Waals surface area contributed by atoms with Gasteiger partial charge in [0.15, 0.2) is 0 Å². The number of amides is 1. The Labute approximate surface area is 178 Å². The first-order valence-electron chi connectivity index (χ1n) is 9.63. The van der Waals surface area contributed by atoms with Crippen molar-refractivity contribution in [2.75, 3.05) is 13.1 Å². The summed E-state index contributed by atoms with van der Waals surface area (Å²) in [5.41, 5.74) is 3.01. The molecule has 1 aliphatic heterocycles. The standard InChI is InChI=1S/C22H21Cl2N3O2/c1-12-8-26(3)21(29)18-15(10-25(2)19(12)18)20(28)27-9-13-7-22(13,11-27)16-6-14(23)4-5-17(16)24/h4-6,8,10,13H,7,9,11H2,1-3H3. The average Bonchev–Trinajstić information content (AvgIpc) is 3.05. The third kappa shape index (κ3) is 2.60. The van der Waals surface area contributed by atoms with E-state index in [0.29, 0.717) is 40.0 Å². The number of aryl methyl sites for hydroxylation is 3. The number of halogens is 2. The summed E-state index contributed by atoms with van der Waals surface area (Å²) in [6.45, 7) is 3.22. The van der Waals surface area contributed by atoms with Crippen LogP contribution in [-0.4, -0.2) is 33.0 Å². The number of nitrogens with zero attached hydrogens (tertiary/aromatic N) is 3. The second kappa shape index (κ2) is 6.13. The molecule has 29 heavy (non-hydrogen) atoms. The average molecular weight is 430 g/mol. The maximum Gasteiger partial charge on any atom is 0.260 e. The molecule has 1 aromatic carbocycles. The van der Waals surface area contributed by atoms with Crippen molar-refractivity contribution in [2.45, 2.75) is 18.8 Å². The van der Waals surface area contributed by atoms with E-state index < -0.39 is 0 Å². The molecule has 3 heterocycles. The van der Waals surface area contributed by atoms with Gasteiger partial charge in [-0.25, -0.2) is 0 Å². The Kier molecular flexibility index (Phi) is 3.97. The minimum atomic E-state index is -0.147. The SMILES string of the molecule is Cc1cn(C)c(=O)c2c(C(=O)N3CC4CC4(c4cc(Cl)ccc4Cl)C3)cn(C)c12. The maximum absolute atomic E-state index is 13.4. The van der Waals surface area contributed by atoms with Crippen molar-refractivity contribution in [2.24, 2.45) is 20.0 Å². The third-order valence-corrected chi connectivity index (χ3v) is 7.17. The number of carbonyl (C=O) groups excluding carboxylic acids is 1. The monoisotopic (exact) mass is 429 g/mol. The lowest BCUT2D eigenvalue weighted by Crippen LogP contribution is -2.33. The molecule has 150 valence electrons. The third-order valence-electron chi connectivity index (χ3n) is 6.60. The molecule has 5 nitrogen and oxygen atoms in total. The van der Waals surface area contributed by atoms with Crippen molar-refractivity contribution in [3.8, 4) is 0 Å². The van der Waals surface area contributed by atoms with E-state index in [-0.39, 0.29) is 16.9 Å². The first-order valence-corrected chi connectivity index (χ1v) is 10.4. The largest absolute Gasteiger partial charge is 0.349 e. The van der Waals surface area contributed by atoms with E-state index >= 15 is 0 Å². The quantitative estimate of drug-likeness (QED) is 0.619. The molecule has 2 unspecified atom stereocenters. The van der Waals surface area contributed by atoms with Gasteiger partial charge in [-0.05, 0) is 48.6 Å². The predicted molar refractivity (Wildman–Crippen MR) is 115 cm³/mol. The molecule has 0 bridgehead atoms. The van der Waals surface area contributed by atoms with Gasteiger partial charge in [-0.1, -0.05) is 23.2 Å². The van der Waals surface area contributed by atoms with Gasteiger partial charge in [-0.2, -0.15) is 0 Å². The Bertz CT molecular complexity index is 1260. The second-order valence-corrected chi connectivity index (χ2v) is 9.32. The molecule has 2 fully saturated rings. The number of piperidine rings is 1. The van der Waals surface area contributed by atoms with Crippen molar-refractivity contribution in [3.63, 3.8) is 0 Å². The minimum absolute atomic E-state index is 0.0944. The lowest BCUT2D eigenvalue weighted by Gasteiger charge is -2.22. The van der Waals surface area contributed by atoms with Gasteiger partial charge >= 0.3 is 0 Å². The van der Waals surface area contributed by atoms with Crippen molar-refractivity contribution in [1.82, 2.24) is 14.0 Å². The van der Waals surface area contributed by atoms with E-state index in [0.717, 1.165) is 23.1 Å². The fraction of sp³-hybridized carbons (Fsp3) is 0.364. The van der Waals surface area contributed by atoms with Crippen LogP contribution in [0, 0.1) is 12.8 Å². The molecule has 2 aliphatic rings. The number of hydrogen-bond donors (Lipinski definition) is 0. The van der Waals surface area contributed by atoms with Crippen LogP contribution in [0.25, 0.3) is 10.9 Å². The highest BCUT2D eigenvalue weighted by Crippen LogP contribution is 2.60. The molecule has 2 atom stereocenters. The van der Waals surface area contributed by atoms with Crippen LogP contribution in [0.15, 0.2) is 35.4 Å². The number of pyridine rings is 1. The molecule has 1 saturated heterocycles. The molecule has 7 heteroatoms. The summed E-state index contributed by atoms with van der Waals surface area (Å²) in [5, 5.41) is 1.85. The summed E-state index contributed by atoms with van der Waals surface area (Å²) in [7, 11) is 3.59. The number of hydrogen-bond acceptors (Lipinski definition) is 2. The van der Waals surface area contributed by atoms with Crippen molar-refractivity contribution in [3.05, 3.63) is 67.7 Å². The van der Waals surface area contributed by atoms with E-state index in [9.17, 15) is 9.59 Å². The van der Waals surface area contributed by atoms with E-state index in [4.69, 9.17) is 23.2 Å². The van der Waals surface area contributed by atoms with Gasteiger partial charge in [0.05, 0.1) is 16.5 Å². The zero-order valence-electron chi connectivity index (χ0n) is 16.5. The van der Waals surface area contributed by atoms with Gasteiger partial charge in [0.25, 0.3) is 11.5 Å². The highest BCUT2D eigenvalue weighted by Gasteiger charge is 2.62. The van der Waals surface area contributed by atoms with Gasteiger partial charge in [-0.3, -0.25) is 9.59 Å². The molecule has 3 aromatic rings. The smallest absolute Gasteiger partial charge is 0.260 e. The number of fused-ring (bicyclic) bond motifs is 2. The van der Waals surface area contributed by atoms with E-state index in [1.54, 1.807) is 30.1 Å². The van der Waals surface area contributed by atoms with Crippen LogP contribution in [0.5, 0.6) is 0 Å². The van der Waals surface area contributed by atoms with Crippen molar-refractivity contribution in [1.29, 1.82) is 0 Å². The summed E-state index contributed by atoms with van der Waals surface area (Å²) >= 11 is 12.7. The Morgan fingerprint density at radius 1 is 1.17 bits per heavy atom. The molecular weight excluding hydrogens is 409 g/mol. The Balaban J connectivity index is 1.54. The van der Waals surface area contributed by atoms with Crippen molar-refractivity contribution < 1.29 is 4.79 Å². The van der Waals surface area contributed by atoms with Gasteiger partial charge < -0.3 is 14.0 Å². The summed E-state index contributed by atoms with van der Waals surface area (Å²) < 4.78 is 3.42. The van der Waals surface area contributed by atoms with E-state index in [1.165, 1.54) is 0 Å². The molecule has 1 saturated carbocycles.